The number of nitrogens with one attached hydrogen (secondary N) is 2. The molecule has 2 heterocycles. The molecule has 0 saturated carbocycles. The highest BCUT2D eigenvalue weighted by Gasteiger charge is 2.24. The molecule has 3 rings (SSSR count). The van der Waals surface area contributed by atoms with Gasteiger partial charge in [0.2, 0.25) is 5.91 Å². The number of para-hydroxylation sites is 1. The molecule has 1 unspecified atom stereocenters. The van der Waals surface area contributed by atoms with Gasteiger partial charge in [-0.1, -0.05) is 24.3 Å². The van der Waals surface area contributed by atoms with Gasteiger partial charge in [-0.25, -0.2) is 4.98 Å². The number of pyridine rings is 1. The number of aromatic nitrogens is 1. The summed E-state index contributed by atoms with van der Waals surface area (Å²) in [7, 11) is 0. The first-order valence-electron chi connectivity index (χ1n) is 6.78. The van der Waals surface area contributed by atoms with Crippen molar-refractivity contribution in [1.82, 2.24) is 4.98 Å². The van der Waals surface area contributed by atoms with Crippen LogP contribution in [-0.2, 0) is 4.79 Å². The molecule has 2 N–H and O–H groups in total. The first-order chi connectivity index (χ1) is 9.74. The van der Waals surface area contributed by atoms with E-state index in [0.29, 0.717) is 12.2 Å². The summed E-state index contributed by atoms with van der Waals surface area (Å²) in [6, 6.07) is 12.0. The molecule has 0 aliphatic carbocycles. The molecule has 2 aromatic rings. The van der Waals surface area contributed by atoms with Crippen LogP contribution in [0.15, 0.2) is 42.6 Å². The highest BCUT2D eigenvalue weighted by atomic mass is 16.1. The van der Waals surface area contributed by atoms with Crippen LogP contribution in [0.3, 0.4) is 0 Å². The maximum absolute atomic E-state index is 12.2. The fourth-order valence-electron chi connectivity index (χ4n) is 2.56. The highest BCUT2D eigenvalue weighted by Crippen LogP contribution is 2.33. The van der Waals surface area contributed by atoms with E-state index in [4.69, 9.17) is 0 Å². The molecular formula is C16H17N3O. The van der Waals surface area contributed by atoms with Gasteiger partial charge >= 0.3 is 0 Å². The number of aryl methyl sites for hydroxylation is 1. The van der Waals surface area contributed by atoms with Crippen LogP contribution in [0.2, 0.25) is 0 Å². The van der Waals surface area contributed by atoms with Gasteiger partial charge in [0.25, 0.3) is 0 Å². The van der Waals surface area contributed by atoms with Crippen LogP contribution in [0.1, 0.15) is 23.5 Å². The predicted octanol–water partition coefficient (Wildman–Crippen LogP) is 2.93. The summed E-state index contributed by atoms with van der Waals surface area (Å²) in [6.07, 6.45) is 2.16. The summed E-state index contributed by atoms with van der Waals surface area (Å²) in [4.78, 5) is 16.3. The molecule has 4 nitrogen and oxygen atoms in total. The Morgan fingerprint density at radius 1 is 1.35 bits per heavy atom. The van der Waals surface area contributed by atoms with E-state index in [-0.39, 0.29) is 11.8 Å². The van der Waals surface area contributed by atoms with E-state index in [1.165, 1.54) is 5.56 Å². The third-order valence-corrected chi connectivity index (χ3v) is 3.64. The molecule has 1 aromatic carbocycles. The van der Waals surface area contributed by atoms with Crippen LogP contribution in [-0.4, -0.2) is 17.4 Å². The van der Waals surface area contributed by atoms with Crippen LogP contribution < -0.4 is 10.6 Å². The largest absolute Gasteiger partial charge is 0.384 e. The lowest BCUT2D eigenvalue weighted by Crippen LogP contribution is -2.17. The Morgan fingerprint density at radius 3 is 3.05 bits per heavy atom. The molecule has 0 fully saturated rings. The second-order valence-corrected chi connectivity index (χ2v) is 5.09. The van der Waals surface area contributed by atoms with E-state index >= 15 is 0 Å². The lowest BCUT2D eigenvalue weighted by Gasteiger charge is -2.11. The smallest absolute Gasteiger partial charge is 0.226 e. The Morgan fingerprint density at radius 2 is 2.20 bits per heavy atom. The van der Waals surface area contributed by atoms with Crippen molar-refractivity contribution < 1.29 is 4.79 Å². The number of hydrogen-bond acceptors (Lipinski definition) is 3. The van der Waals surface area contributed by atoms with E-state index in [9.17, 15) is 4.79 Å². The van der Waals surface area contributed by atoms with Crippen molar-refractivity contribution in [2.75, 3.05) is 17.2 Å². The molecule has 0 radical (unpaired) electrons. The number of hydrogen-bond donors (Lipinski definition) is 2. The number of carbonyl (C=O) groups is 1. The lowest BCUT2D eigenvalue weighted by atomic mass is 9.97. The number of nitrogens with zero attached hydrogens (tertiary/aromatic N) is 1. The minimum atomic E-state index is 0.00954. The first kappa shape index (κ1) is 12.7. The van der Waals surface area contributed by atoms with Crippen LogP contribution in [0.25, 0.3) is 0 Å². The molecule has 1 aromatic heterocycles. The number of benzene rings is 1. The lowest BCUT2D eigenvalue weighted by molar-refractivity contribution is -0.116. The fraction of sp³-hybridized carbons (Fsp3) is 0.250. The Kier molecular flexibility index (Phi) is 3.37. The van der Waals surface area contributed by atoms with Gasteiger partial charge < -0.3 is 10.6 Å². The zero-order valence-electron chi connectivity index (χ0n) is 11.4. The zero-order valence-corrected chi connectivity index (χ0v) is 11.4. The van der Waals surface area contributed by atoms with Gasteiger partial charge in [0.1, 0.15) is 5.82 Å². The van der Waals surface area contributed by atoms with Gasteiger partial charge in [0.15, 0.2) is 0 Å². The average molecular weight is 267 g/mol. The minimum Gasteiger partial charge on any atom is -0.384 e. The van der Waals surface area contributed by atoms with E-state index in [1.807, 2.05) is 31.2 Å². The second kappa shape index (κ2) is 5.33. The molecule has 102 valence electrons. The third kappa shape index (κ3) is 2.50. The van der Waals surface area contributed by atoms with E-state index in [2.05, 4.69) is 27.8 Å². The SMILES string of the molecule is Cc1cccnc1NC(=O)CC1CNc2ccccc21. The van der Waals surface area contributed by atoms with Gasteiger partial charge in [-0.3, -0.25) is 4.79 Å². The summed E-state index contributed by atoms with van der Waals surface area (Å²) in [5, 5.41) is 6.23. The van der Waals surface area contributed by atoms with Gasteiger partial charge in [0, 0.05) is 30.8 Å². The number of anilines is 2. The minimum absolute atomic E-state index is 0.00954. The van der Waals surface area contributed by atoms with Gasteiger partial charge in [0.05, 0.1) is 0 Å². The quantitative estimate of drug-likeness (QED) is 0.899. The molecule has 1 amide bonds. The summed E-state index contributed by atoms with van der Waals surface area (Å²) >= 11 is 0. The molecule has 0 bridgehead atoms. The molecule has 1 aliphatic rings. The van der Waals surface area contributed by atoms with Gasteiger partial charge in [-0.2, -0.15) is 0 Å². The maximum atomic E-state index is 12.2. The Labute approximate surface area is 118 Å². The summed E-state index contributed by atoms with van der Waals surface area (Å²) in [5.41, 5.74) is 3.34. The topological polar surface area (TPSA) is 54.0 Å². The third-order valence-electron chi connectivity index (χ3n) is 3.64. The monoisotopic (exact) mass is 267 g/mol. The standard InChI is InChI=1S/C16H17N3O/c1-11-5-4-8-17-16(11)19-15(20)9-12-10-18-14-7-3-2-6-13(12)14/h2-8,12,18H,9-10H2,1H3,(H,17,19,20). The number of fused-ring (bicyclic) bond motifs is 1. The average Bonchev–Trinajstić information content (AvgIpc) is 2.85. The van der Waals surface area contributed by atoms with Crippen molar-refractivity contribution in [3.8, 4) is 0 Å². The first-order valence-corrected chi connectivity index (χ1v) is 6.78. The van der Waals surface area contributed by atoms with Crippen LogP contribution in [0.5, 0.6) is 0 Å². The molecule has 0 spiro atoms. The van der Waals surface area contributed by atoms with Crippen molar-refractivity contribution in [1.29, 1.82) is 0 Å². The van der Waals surface area contributed by atoms with Crippen molar-refractivity contribution in [3.63, 3.8) is 0 Å². The summed E-state index contributed by atoms with van der Waals surface area (Å²) < 4.78 is 0. The van der Waals surface area contributed by atoms with Crippen LogP contribution in [0.4, 0.5) is 11.5 Å². The van der Waals surface area contributed by atoms with Crippen molar-refractivity contribution in [2.24, 2.45) is 0 Å². The van der Waals surface area contributed by atoms with Crippen LogP contribution >= 0.6 is 0 Å². The summed E-state index contributed by atoms with van der Waals surface area (Å²) in [6.45, 7) is 2.75. The predicted molar refractivity (Wildman–Crippen MR) is 79.9 cm³/mol. The maximum Gasteiger partial charge on any atom is 0.226 e. The molecule has 4 heteroatoms. The highest BCUT2D eigenvalue weighted by molar-refractivity contribution is 5.91. The molecule has 20 heavy (non-hydrogen) atoms. The molecule has 0 saturated heterocycles. The Bertz CT molecular complexity index is 639. The number of carbonyl (C=O) groups excluding carboxylic acids is 1. The van der Waals surface area contributed by atoms with Crippen molar-refractivity contribution in [2.45, 2.75) is 19.3 Å². The van der Waals surface area contributed by atoms with Gasteiger partial charge in [-0.05, 0) is 30.2 Å². The summed E-state index contributed by atoms with van der Waals surface area (Å²) in [5.74, 6) is 0.891. The zero-order chi connectivity index (χ0) is 13.9. The van der Waals surface area contributed by atoms with Crippen molar-refractivity contribution in [3.05, 3.63) is 53.7 Å². The van der Waals surface area contributed by atoms with E-state index < -0.39 is 0 Å². The second-order valence-electron chi connectivity index (χ2n) is 5.09. The molecule has 1 aliphatic heterocycles. The Hall–Kier alpha value is -2.36. The fourth-order valence-corrected chi connectivity index (χ4v) is 2.56. The Balaban J connectivity index is 1.68. The molecule has 1 atom stereocenters. The number of amides is 1. The van der Waals surface area contributed by atoms with E-state index in [1.54, 1.807) is 6.20 Å². The normalized spacial score (nSPS) is 16.4. The molecular weight excluding hydrogens is 250 g/mol. The van der Waals surface area contributed by atoms with E-state index in [0.717, 1.165) is 17.8 Å². The van der Waals surface area contributed by atoms with Gasteiger partial charge in [-0.15, -0.1) is 0 Å². The van der Waals surface area contributed by atoms with Crippen molar-refractivity contribution >= 4 is 17.4 Å². The number of rotatable bonds is 3. The van der Waals surface area contributed by atoms with Crippen LogP contribution in [0, 0.1) is 6.92 Å².